The molecule has 5 heteroatoms. The molecule has 0 aliphatic heterocycles. The standard InChI is InChI=1S/C28H35Cl2NO2/c1-3-32-27-11-19(4-7-26(27)33-17-23-5-6-24(29)12-25(23)30)16-31-18(2)28-13-20-8-21(14-28)10-22(9-20)15-28/h4-7,11-12,18,20-22,31H,3,8-10,13-17H2,1-2H3/t18-,20?,21?,22?,28?/m0/s1. The van der Waals surface area contributed by atoms with Crippen molar-refractivity contribution in [2.75, 3.05) is 6.61 Å². The number of nitrogens with one attached hydrogen (secondary N) is 1. The van der Waals surface area contributed by atoms with Crippen LogP contribution in [0.15, 0.2) is 36.4 Å². The number of halogens is 2. The van der Waals surface area contributed by atoms with E-state index in [9.17, 15) is 0 Å². The molecule has 2 aromatic carbocycles. The molecular formula is C28H35Cl2NO2. The third-order valence-corrected chi connectivity index (χ3v) is 8.91. The minimum absolute atomic E-state index is 0.372. The highest BCUT2D eigenvalue weighted by Gasteiger charge is 2.52. The first-order chi connectivity index (χ1) is 15.9. The first-order valence-electron chi connectivity index (χ1n) is 12.5. The van der Waals surface area contributed by atoms with Crippen molar-refractivity contribution in [1.29, 1.82) is 0 Å². The zero-order valence-electron chi connectivity index (χ0n) is 19.7. The van der Waals surface area contributed by atoms with Crippen LogP contribution >= 0.6 is 23.2 Å². The van der Waals surface area contributed by atoms with Gasteiger partial charge in [0.25, 0.3) is 0 Å². The molecule has 4 bridgehead atoms. The highest BCUT2D eigenvalue weighted by molar-refractivity contribution is 6.35. The van der Waals surface area contributed by atoms with Crippen LogP contribution < -0.4 is 14.8 Å². The first kappa shape index (κ1) is 23.3. The van der Waals surface area contributed by atoms with Crippen molar-refractivity contribution >= 4 is 23.2 Å². The molecule has 0 radical (unpaired) electrons. The molecule has 0 aromatic heterocycles. The van der Waals surface area contributed by atoms with Crippen LogP contribution in [-0.4, -0.2) is 12.6 Å². The summed E-state index contributed by atoms with van der Waals surface area (Å²) in [6.45, 7) is 6.24. The van der Waals surface area contributed by atoms with Gasteiger partial charge in [-0.2, -0.15) is 0 Å². The Bertz CT molecular complexity index is 957. The van der Waals surface area contributed by atoms with E-state index in [1.807, 2.05) is 25.1 Å². The lowest BCUT2D eigenvalue weighted by Crippen LogP contribution is -2.54. The molecule has 1 atom stereocenters. The summed E-state index contributed by atoms with van der Waals surface area (Å²) in [5.41, 5.74) is 2.64. The van der Waals surface area contributed by atoms with Crippen LogP contribution in [0.5, 0.6) is 11.5 Å². The molecule has 0 spiro atoms. The van der Waals surface area contributed by atoms with Crippen LogP contribution in [0.1, 0.15) is 63.5 Å². The molecule has 1 N–H and O–H groups in total. The molecule has 0 unspecified atom stereocenters. The molecule has 2 aromatic rings. The quantitative estimate of drug-likeness (QED) is 0.393. The molecular weight excluding hydrogens is 453 g/mol. The molecule has 178 valence electrons. The lowest BCUT2D eigenvalue weighted by molar-refractivity contribution is -0.0706. The van der Waals surface area contributed by atoms with Gasteiger partial charge in [0.1, 0.15) is 6.61 Å². The van der Waals surface area contributed by atoms with Gasteiger partial charge in [-0.3, -0.25) is 0 Å². The van der Waals surface area contributed by atoms with E-state index in [4.69, 9.17) is 32.7 Å². The average Bonchev–Trinajstić information content (AvgIpc) is 2.77. The lowest BCUT2D eigenvalue weighted by Gasteiger charge is -2.59. The fourth-order valence-electron chi connectivity index (χ4n) is 7.04. The largest absolute Gasteiger partial charge is 0.490 e. The monoisotopic (exact) mass is 487 g/mol. The van der Waals surface area contributed by atoms with Gasteiger partial charge in [-0.1, -0.05) is 35.3 Å². The maximum absolute atomic E-state index is 6.30. The molecule has 4 aliphatic rings. The van der Waals surface area contributed by atoms with E-state index >= 15 is 0 Å². The molecule has 0 amide bonds. The second-order valence-corrected chi connectivity index (χ2v) is 11.5. The van der Waals surface area contributed by atoms with Crippen molar-refractivity contribution in [2.24, 2.45) is 23.2 Å². The van der Waals surface area contributed by atoms with Crippen LogP contribution in [0.25, 0.3) is 0 Å². The Hall–Kier alpha value is -1.42. The predicted octanol–water partition coefficient (Wildman–Crippen LogP) is 7.67. The van der Waals surface area contributed by atoms with Gasteiger partial charge in [0.05, 0.1) is 6.61 Å². The highest BCUT2D eigenvalue weighted by Crippen LogP contribution is 2.61. The third kappa shape index (κ3) is 5.01. The van der Waals surface area contributed by atoms with Gasteiger partial charge in [-0.25, -0.2) is 0 Å². The van der Waals surface area contributed by atoms with E-state index in [0.717, 1.165) is 41.4 Å². The second kappa shape index (κ2) is 9.68. The molecule has 0 saturated heterocycles. The van der Waals surface area contributed by atoms with Crippen molar-refractivity contribution < 1.29 is 9.47 Å². The van der Waals surface area contributed by atoms with Gasteiger partial charge in [-0.15, -0.1) is 0 Å². The smallest absolute Gasteiger partial charge is 0.161 e. The van der Waals surface area contributed by atoms with Gasteiger partial charge in [-0.05, 0) is 105 Å². The SMILES string of the molecule is CCOc1cc(CN[C@@H](C)C23CC4CC(CC(C4)C2)C3)ccc1OCc1ccc(Cl)cc1Cl. The van der Waals surface area contributed by atoms with Crippen molar-refractivity contribution in [3.63, 3.8) is 0 Å². The van der Waals surface area contributed by atoms with E-state index in [1.165, 1.54) is 44.1 Å². The van der Waals surface area contributed by atoms with Crippen LogP contribution in [0.2, 0.25) is 10.0 Å². The Morgan fingerprint density at radius 1 is 0.939 bits per heavy atom. The highest BCUT2D eigenvalue weighted by atomic mass is 35.5. The van der Waals surface area contributed by atoms with Crippen LogP contribution in [0.4, 0.5) is 0 Å². The van der Waals surface area contributed by atoms with Gasteiger partial charge < -0.3 is 14.8 Å². The van der Waals surface area contributed by atoms with E-state index < -0.39 is 0 Å². The van der Waals surface area contributed by atoms with Gasteiger partial charge >= 0.3 is 0 Å². The maximum atomic E-state index is 6.30. The van der Waals surface area contributed by atoms with Crippen LogP contribution in [0, 0.1) is 23.2 Å². The predicted molar refractivity (Wildman–Crippen MR) is 135 cm³/mol. The number of benzene rings is 2. The Morgan fingerprint density at radius 2 is 1.64 bits per heavy atom. The van der Waals surface area contributed by atoms with Crippen LogP contribution in [0.3, 0.4) is 0 Å². The van der Waals surface area contributed by atoms with Crippen molar-refractivity contribution in [1.82, 2.24) is 5.32 Å². The van der Waals surface area contributed by atoms with E-state index in [0.29, 0.717) is 34.7 Å². The normalized spacial score (nSPS) is 28.7. The summed E-state index contributed by atoms with van der Waals surface area (Å²) in [4.78, 5) is 0. The molecule has 4 saturated carbocycles. The zero-order chi connectivity index (χ0) is 23.0. The van der Waals surface area contributed by atoms with Crippen LogP contribution in [-0.2, 0) is 13.2 Å². The van der Waals surface area contributed by atoms with E-state index in [-0.39, 0.29) is 0 Å². The van der Waals surface area contributed by atoms with E-state index in [1.54, 1.807) is 6.07 Å². The summed E-state index contributed by atoms with van der Waals surface area (Å²) in [7, 11) is 0. The Labute approximate surface area is 208 Å². The molecule has 33 heavy (non-hydrogen) atoms. The van der Waals surface area contributed by atoms with Gasteiger partial charge in [0, 0.05) is 28.2 Å². The van der Waals surface area contributed by atoms with E-state index in [2.05, 4.69) is 24.4 Å². The molecule has 4 fully saturated rings. The second-order valence-electron chi connectivity index (χ2n) is 10.6. The van der Waals surface area contributed by atoms with Crippen molar-refractivity contribution in [3.8, 4) is 11.5 Å². The fraction of sp³-hybridized carbons (Fsp3) is 0.571. The third-order valence-electron chi connectivity index (χ3n) is 8.32. The minimum Gasteiger partial charge on any atom is -0.490 e. The van der Waals surface area contributed by atoms with Gasteiger partial charge in [0.2, 0.25) is 0 Å². The minimum atomic E-state index is 0.372. The summed E-state index contributed by atoms with van der Waals surface area (Å²) in [6.07, 6.45) is 8.76. The Kier molecular flexibility index (Phi) is 6.84. The summed E-state index contributed by atoms with van der Waals surface area (Å²) >= 11 is 12.3. The zero-order valence-corrected chi connectivity index (χ0v) is 21.2. The lowest BCUT2D eigenvalue weighted by atomic mass is 9.48. The molecule has 4 aliphatic carbocycles. The Balaban J connectivity index is 1.23. The summed E-state index contributed by atoms with van der Waals surface area (Å²) in [6, 6.07) is 12.3. The Morgan fingerprint density at radius 3 is 2.27 bits per heavy atom. The topological polar surface area (TPSA) is 30.5 Å². The summed E-state index contributed by atoms with van der Waals surface area (Å²) < 4.78 is 12.0. The summed E-state index contributed by atoms with van der Waals surface area (Å²) in [5, 5.41) is 5.12. The van der Waals surface area contributed by atoms with Crippen molar-refractivity contribution in [2.45, 2.75) is 71.6 Å². The fourth-order valence-corrected chi connectivity index (χ4v) is 7.50. The molecule has 6 rings (SSSR count). The molecule has 3 nitrogen and oxygen atoms in total. The first-order valence-corrected chi connectivity index (χ1v) is 13.3. The number of ether oxygens (including phenoxy) is 2. The number of hydrogen-bond acceptors (Lipinski definition) is 3. The van der Waals surface area contributed by atoms with Crippen molar-refractivity contribution in [3.05, 3.63) is 57.6 Å². The van der Waals surface area contributed by atoms with Gasteiger partial charge in [0.15, 0.2) is 11.5 Å². The maximum Gasteiger partial charge on any atom is 0.161 e. The molecule has 0 heterocycles. The number of rotatable bonds is 9. The summed E-state index contributed by atoms with van der Waals surface area (Å²) in [5.74, 6) is 4.46. The average molecular weight is 488 g/mol. The number of hydrogen-bond donors (Lipinski definition) is 1.